The third-order valence-electron chi connectivity index (χ3n) is 5.09. The van der Waals surface area contributed by atoms with Gasteiger partial charge in [-0.15, -0.1) is 0 Å². The average Bonchev–Trinajstić information content (AvgIpc) is 2.87. The number of anilines is 1. The van der Waals surface area contributed by atoms with Crippen LogP contribution in [0.25, 0.3) is 0 Å². The second kappa shape index (κ2) is 11.2. The van der Waals surface area contributed by atoms with Crippen LogP contribution in [0.1, 0.15) is 5.56 Å². The minimum atomic E-state index is -3.94. The number of sulfonamides is 1. The molecule has 0 saturated heterocycles. The Morgan fingerprint density at radius 3 is 2.09 bits per heavy atom. The summed E-state index contributed by atoms with van der Waals surface area (Å²) in [6.45, 7) is -0.363. The predicted molar refractivity (Wildman–Crippen MR) is 137 cm³/mol. The van der Waals surface area contributed by atoms with Gasteiger partial charge in [0.05, 0.1) is 17.1 Å². The number of amides is 1. The zero-order valence-corrected chi connectivity index (χ0v) is 20.2. The van der Waals surface area contributed by atoms with Crippen molar-refractivity contribution in [1.29, 1.82) is 0 Å². The summed E-state index contributed by atoms with van der Waals surface area (Å²) in [4.78, 5) is 13.2. The van der Waals surface area contributed by atoms with Crippen molar-refractivity contribution in [3.05, 3.63) is 120 Å². The van der Waals surface area contributed by atoms with Gasteiger partial charge in [-0.3, -0.25) is 4.79 Å². The molecule has 1 N–H and O–H groups in total. The number of para-hydroxylation sites is 1. The number of hydrogen-bond donors (Lipinski definition) is 1. The first-order valence-corrected chi connectivity index (χ1v) is 12.6. The number of nitrogens with one attached hydrogen (secondary N) is 1. The van der Waals surface area contributed by atoms with Crippen LogP contribution in [0.3, 0.4) is 0 Å². The molecule has 4 rings (SSSR count). The predicted octanol–water partition coefficient (Wildman–Crippen LogP) is 5.96. The van der Waals surface area contributed by atoms with Crippen LogP contribution in [-0.2, 0) is 21.4 Å². The van der Waals surface area contributed by atoms with E-state index in [1.807, 2.05) is 48.5 Å². The number of carbonyl (C=O) groups is 1. The standard InChI is InChI=1S/C27H23ClN2O4S/c28-22-16-17-26(34-23-12-6-2-7-13-23)25(18-22)29-27(31)20-30(19-21-10-4-1-5-11-21)35(32,33)24-14-8-3-9-15-24/h1-18H,19-20H2,(H,29,31). The second-order valence-corrected chi connectivity index (χ2v) is 10.0. The molecule has 0 aliphatic rings. The van der Waals surface area contributed by atoms with E-state index in [9.17, 15) is 13.2 Å². The molecular formula is C27H23ClN2O4S. The molecule has 0 fully saturated rings. The van der Waals surface area contributed by atoms with E-state index in [2.05, 4.69) is 5.32 Å². The molecule has 0 saturated carbocycles. The molecule has 0 spiro atoms. The molecule has 0 radical (unpaired) electrons. The fourth-order valence-electron chi connectivity index (χ4n) is 3.41. The number of nitrogens with zero attached hydrogens (tertiary/aromatic N) is 1. The zero-order valence-electron chi connectivity index (χ0n) is 18.7. The fourth-order valence-corrected chi connectivity index (χ4v) is 4.99. The number of hydrogen-bond acceptors (Lipinski definition) is 4. The Bertz CT molecular complexity index is 1380. The van der Waals surface area contributed by atoms with E-state index in [0.717, 1.165) is 9.87 Å². The molecule has 0 aromatic heterocycles. The van der Waals surface area contributed by atoms with Crippen LogP contribution in [0.4, 0.5) is 5.69 Å². The quantitative estimate of drug-likeness (QED) is 0.304. The smallest absolute Gasteiger partial charge is 0.243 e. The van der Waals surface area contributed by atoms with Gasteiger partial charge in [0.1, 0.15) is 5.75 Å². The van der Waals surface area contributed by atoms with E-state index in [4.69, 9.17) is 16.3 Å². The first-order chi connectivity index (χ1) is 16.9. The summed E-state index contributed by atoms with van der Waals surface area (Å²) < 4.78 is 33.8. The summed E-state index contributed by atoms with van der Waals surface area (Å²) in [5.41, 5.74) is 1.10. The van der Waals surface area contributed by atoms with Crippen LogP contribution >= 0.6 is 11.6 Å². The summed E-state index contributed by atoms with van der Waals surface area (Å²) in [5.74, 6) is 0.442. The van der Waals surface area contributed by atoms with Gasteiger partial charge in [0.25, 0.3) is 0 Å². The Morgan fingerprint density at radius 2 is 1.43 bits per heavy atom. The Balaban J connectivity index is 1.58. The fraction of sp³-hybridized carbons (Fsp3) is 0.0741. The van der Waals surface area contributed by atoms with Crippen molar-refractivity contribution >= 4 is 33.2 Å². The molecule has 0 aliphatic carbocycles. The van der Waals surface area contributed by atoms with E-state index in [0.29, 0.717) is 22.2 Å². The van der Waals surface area contributed by atoms with E-state index in [1.54, 1.807) is 48.5 Å². The van der Waals surface area contributed by atoms with Gasteiger partial charge in [0, 0.05) is 11.6 Å². The van der Waals surface area contributed by atoms with Gasteiger partial charge in [-0.2, -0.15) is 4.31 Å². The molecule has 178 valence electrons. The topological polar surface area (TPSA) is 75.7 Å². The molecule has 35 heavy (non-hydrogen) atoms. The molecule has 0 atom stereocenters. The molecule has 4 aromatic carbocycles. The molecule has 0 aliphatic heterocycles. The lowest BCUT2D eigenvalue weighted by molar-refractivity contribution is -0.116. The first kappa shape index (κ1) is 24.5. The Morgan fingerprint density at radius 1 is 0.829 bits per heavy atom. The van der Waals surface area contributed by atoms with Crippen molar-refractivity contribution < 1.29 is 17.9 Å². The molecule has 0 unspecified atom stereocenters. The average molecular weight is 507 g/mol. The van der Waals surface area contributed by atoms with Gasteiger partial charge in [0.2, 0.25) is 15.9 Å². The van der Waals surface area contributed by atoms with E-state index < -0.39 is 22.5 Å². The van der Waals surface area contributed by atoms with E-state index >= 15 is 0 Å². The largest absolute Gasteiger partial charge is 0.455 e. The monoisotopic (exact) mass is 506 g/mol. The van der Waals surface area contributed by atoms with Crippen LogP contribution in [0.2, 0.25) is 5.02 Å². The minimum absolute atomic E-state index is 0.0361. The third kappa shape index (κ3) is 6.48. The molecule has 0 heterocycles. The molecule has 6 nitrogen and oxygen atoms in total. The number of benzene rings is 4. The summed E-state index contributed by atoms with van der Waals surface area (Å²) >= 11 is 6.16. The summed E-state index contributed by atoms with van der Waals surface area (Å²) in [7, 11) is -3.94. The Labute approximate surface area is 209 Å². The lowest BCUT2D eigenvalue weighted by Crippen LogP contribution is -2.37. The normalized spacial score (nSPS) is 11.3. The number of ether oxygens (including phenoxy) is 1. The maximum atomic E-state index is 13.4. The van der Waals surface area contributed by atoms with Crippen LogP contribution in [0, 0.1) is 0 Å². The lowest BCUT2D eigenvalue weighted by atomic mass is 10.2. The van der Waals surface area contributed by atoms with Gasteiger partial charge in [0.15, 0.2) is 5.75 Å². The highest BCUT2D eigenvalue weighted by Gasteiger charge is 2.27. The van der Waals surface area contributed by atoms with Crippen LogP contribution < -0.4 is 10.1 Å². The molecule has 1 amide bonds. The van der Waals surface area contributed by atoms with Crippen molar-refractivity contribution in [2.24, 2.45) is 0 Å². The van der Waals surface area contributed by atoms with Crippen molar-refractivity contribution in [3.8, 4) is 11.5 Å². The Kier molecular flexibility index (Phi) is 7.82. The van der Waals surface area contributed by atoms with Crippen molar-refractivity contribution in [1.82, 2.24) is 4.31 Å². The molecule has 4 aromatic rings. The van der Waals surface area contributed by atoms with Crippen LogP contribution in [0.15, 0.2) is 114 Å². The molecule has 8 heteroatoms. The third-order valence-corrected chi connectivity index (χ3v) is 7.13. The van der Waals surface area contributed by atoms with Gasteiger partial charge in [-0.25, -0.2) is 8.42 Å². The highest BCUT2D eigenvalue weighted by atomic mass is 35.5. The molecular weight excluding hydrogens is 484 g/mol. The van der Waals surface area contributed by atoms with Crippen LogP contribution in [-0.4, -0.2) is 25.2 Å². The highest BCUT2D eigenvalue weighted by Crippen LogP contribution is 2.32. The summed E-state index contributed by atoms with van der Waals surface area (Å²) in [6.07, 6.45) is 0. The molecule has 0 bridgehead atoms. The number of carbonyl (C=O) groups excluding carboxylic acids is 1. The van der Waals surface area contributed by atoms with Gasteiger partial charge in [-0.1, -0.05) is 78.3 Å². The summed E-state index contributed by atoms with van der Waals surface area (Å²) in [6, 6.07) is 31.1. The second-order valence-electron chi connectivity index (χ2n) is 7.68. The highest BCUT2D eigenvalue weighted by molar-refractivity contribution is 7.89. The number of halogens is 1. The van der Waals surface area contributed by atoms with Crippen molar-refractivity contribution in [2.75, 3.05) is 11.9 Å². The van der Waals surface area contributed by atoms with Gasteiger partial charge in [-0.05, 0) is 48.0 Å². The summed E-state index contributed by atoms with van der Waals surface area (Å²) in [5, 5.41) is 3.16. The maximum absolute atomic E-state index is 13.4. The van der Waals surface area contributed by atoms with E-state index in [1.165, 1.54) is 12.1 Å². The maximum Gasteiger partial charge on any atom is 0.243 e. The minimum Gasteiger partial charge on any atom is -0.455 e. The Hall–Kier alpha value is -3.65. The van der Waals surface area contributed by atoms with Crippen LogP contribution in [0.5, 0.6) is 11.5 Å². The van der Waals surface area contributed by atoms with Gasteiger partial charge < -0.3 is 10.1 Å². The first-order valence-electron chi connectivity index (χ1n) is 10.8. The van der Waals surface area contributed by atoms with E-state index in [-0.39, 0.29) is 11.4 Å². The van der Waals surface area contributed by atoms with Crippen molar-refractivity contribution in [2.45, 2.75) is 11.4 Å². The lowest BCUT2D eigenvalue weighted by Gasteiger charge is -2.22. The SMILES string of the molecule is O=C(CN(Cc1ccccc1)S(=O)(=O)c1ccccc1)Nc1cc(Cl)ccc1Oc1ccccc1. The number of rotatable bonds is 9. The van der Waals surface area contributed by atoms with Crippen molar-refractivity contribution in [3.63, 3.8) is 0 Å². The zero-order chi connectivity index (χ0) is 24.7. The van der Waals surface area contributed by atoms with Gasteiger partial charge >= 0.3 is 0 Å².